The molecule has 0 aromatic rings. The van der Waals surface area contributed by atoms with E-state index < -0.39 is 0 Å². The largest absolute Gasteiger partial charge is 0.468 e. The number of carbonyl (C=O) groups is 1. The molecule has 1 N–H and O–H groups in total. The Balaban J connectivity index is 2.63. The van der Waals surface area contributed by atoms with Crippen molar-refractivity contribution in [2.24, 2.45) is 11.3 Å². The van der Waals surface area contributed by atoms with Crippen LogP contribution in [-0.4, -0.2) is 25.2 Å². The van der Waals surface area contributed by atoms with Crippen LogP contribution in [0, 0.1) is 11.3 Å². The molecule has 1 saturated carbocycles. The van der Waals surface area contributed by atoms with E-state index in [1.54, 1.807) is 0 Å². The van der Waals surface area contributed by atoms with Gasteiger partial charge in [-0.15, -0.1) is 0 Å². The average Bonchev–Trinajstić information content (AvgIpc) is 2.27. The lowest BCUT2D eigenvalue weighted by molar-refractivity contribution is -0.143. The minimum Gasteiger partial charge on any atom is -0.468 e. The van der Waals surface area contributed by atoms with Gasteiger partial charge in [0.05, 0.1) is 7.11 Å². The lowest BCUT2D eigenvalue weighted by Crippen LogP contribution is -2.50. The molecule has 0 amide bonds. The summed E-state index contributed by atoms with van der Waals surface area (Å²) in [4.78, 5) is 11.5. The number of ether oxygens (including phenoxy) is 1. The third-order valence-corrected chi connectivity index (χ3v) is 3.90. The van der Waals surface area contributed by atoms with Crippen molar-refractivity contribution in [3.05, 3.63) is 0 Å². The monoisotopic (exact) mass is 241 g/mol. The fourth-order valence-corrected chi connectivity index (χ4v) is 2.93. The van der Waals surface area contributed by atoms with E-state index in [1.807, 2.05) is 6.92 Å². The molecule has 0 bridgehead atoms. The number of nitrogens with one attached hydrogen (secondary N) is 1. The molecule has 3 heteroatoms. The van der Waals surface area contributed by atoms with Gasteiger partial charge in [0, 0.05) is 6.04 Å². The molecule has 0 saturated heterocycles. The number of hydrogen-bond acceptors (Lipinski definition) is 3. The summed E-state index contributed by atoms with van der Waals surface area (Å²) in [5.41, 5.74) is 0.300. The highest BCUT2D eigenvalue weighted by Gasteiger charge is 2.35. The highest BCUT2D eigenvalue weighted by molar-refractivity contribution is 5.75. The molecule has 0 spiro atoms. The van der Waals surface area contributed by atoms with Crippen LogP contribution < -0.4 is 5.32 Å². The first-order valence-corrected chi connectivity index (χ1v) is 6.70. The summed E-state index contributed by atoms with van der Waals surface area (Å²) in [6, 6.07) is 0.241. The Morgan fingerprint density at radius 2 is 1.88 bits per heavy atom. The molecule has 1 rings (SSSR count). The Morgan fingerprint density at radius 3 is 2.41 bits per heavy atom. The molecular weight excluding hydrogens is 214 g/mol. The predicted octanol–water partition coefficient (Wildman–Crippen LogP) is 2.74. The van der Waals surface area contributed by atoms with E-state index in [0.717, 1.165) is 0 Å². The first kappa shape index (κ1) is 14.5. The maximum absolute atomic E-state index is 11.5. The first-order chi connectivity index (χ1) is 7.86. The number of hydrogen-bond donors (Lipinski definition) is 1. The minimum atomic E-state index is -0.201. The predicted molar refractivity (Wildman–Crippen MR) is 69.8 cm³/mol. The van der Waals surface area contributed by atoms with Crippen molar-refractivity contribution >= 4 is 5.97 Å². The van der Waals surface area contributed by atoms with Crippen LogP contribution >= 0.6 is 0 Å². The SMILES string of the molecule is COC(=O)C(C)NC1CCCCC1C(C)(C)C. The normalized spacial score (nSPS) is 27.6. The van der Waals surface area contributed by atoms with Crippen molar-refractivity contribution in [1.82, 2.24) is 5.32 Å². The van der Waals surface area contributed by atoms with Crippen LogP contribution in [0.15, 0.2) is 0 Å². The lowest BCUT2D eigenvalue weighted by atomic mass is 9.69. The van der Waals surface area contributed by atoms with Gasteiger partial charge in [-0.3, -0.25) is 4.79 Å². The van der Waals surface area contributed by atoms with E-state index in [-0.39, 0.29) is 12.0 Å². The quantitative estimate of drug-likeness (QED) is 0.772. The second-order valence-corrected chi connectivity index (χ2v) is 6.27. The topological polar surface area (TPSA) is 38.3 Å². The summed E-state index contributed by atoms with van der Waals surface area (Å²) >= 11 is 0. The van der Waals surface area contributed by atoms with Crippen LogP contribution in [0.4, 0.5) is 0 Å². The van der Waals surface area contributed by atoms with Crippen molar-refractivity contribution in [3.63, 3.8) is 0 Å². The Labute approximate surface area is 105 Å². The molecule has 0 aliphatic heterocycles. The third-order valence-electron chi connectivity index (χ3n) is 3.90. The minimum absolute atomic E-state index is 0.164. The molecule has 1 aliphatic carbocycles. The van der Waals surface area contributed by atoms with E-state index in [4.69, 9.17) is 4.74 Å². The van der Waals surface area contributed by atoms with E-state index in [0.29, 0.717) is 17.4 Å². The van der Waals surface area contributed by atoms with Crippen molar-refractivity contribution in [1.29, 1.82) is 0 Å². The molecule has 0 radical (unpaired) electrons. The summed E-state index contributed by atoms with van der Waals surface area (Å²) in [5.74, 6) is 0.478. The summed E-state index contributed by atoms with van der Waals surface area (Å²) in [6.07, 6.45) is 5.00. The first-order valence-electron chi connectivity index (χ1n) is 6.70. The Kier molecular flexibility index (Phi) is 4.99. The van der Waals surface area contributed by atoms with Gasteiger partial charge in [-0.25, -0.2) is 0 Å². The molecule has 3 unspecified atom stereocenters. The van der Waals surface area contributed by atoms with Crippen LogP contribution in [0.2, 0.25) is 0 Å². The highest BCUT2D eigenvalue weighted by Crippen LogP contribution is 2.38. The molecule has 3 atom stereocenters. The van der Waals surface area contributed by atoms with Crippen LogP contribution in [-0.2, 0) is 9.53 Å². The number of esters is 1. The molecule has 1 aliphatic rings. The smallest absolute Gasteiger partial charge is 0.322 e. The average molecular weight is 241 g/mol. The fraction of sp³-hybridized carbons (Fsp3) is 0.929. The second-order valence-electron chi connectivity index (χ2n) is 6.27. The van der Waals surface area contributed by atoms with Gasteiger partial charge < -0.3 is 10.1 Å². The molecule has 0 heterocycles. The number of carbonyl (C=O) groups excluding carboxylic acids is 1. The Morgan fingerprint density at radius 1 is 1.29 bits per heavy atom. The van der Waals surface area contributed by atoms with Gasteiger partial charge in [0.25, 0.3) is 0 Å². The van der Waals surface area contributed by atoms with E-state index in [1.165, 1.54) is 32.8 Å². The van der Waals surface area contributed by atoms with Crippen LogP contribution in [0.25, 0.3) is 0 Å². The lowest BCUT2D eigenvalue weighted by Gasteiger charge is -2.41. The van der Waals surface area contributed by atoms with E-state index >= 15 is 0 Å². The third kappa shape index (κ3) is 3.98. The van der Waals surface area contributed by atoms with Crippen molar-refractivity contribution in [3.8, 4) is 0 Å². The van der Waals surface area contributed by atoms with E-state index in [9.17, 15) is 4.79 Å². The number of rotatable bonds is 3. The summed E-state index contributed by atoms with van der Waals surface area (Å²) < 4.78 is 4.77. The fourth-order valence-electron chi connectivity index (χ4n) is 2.93. The van der Waals surface area contributed by atoms with Gasteiger partial charge in [-0.1, -0.05) is 33.6 Å². The Hall–Kier alpha value is -0.570. The summed E-state index contributed by atoms with van der Waals surface area (Å²) in [5, 5.41) is 3.45. The van der Waals surface area contributed by atoms with Gasteiger partial charge in [0.2, 0.25) is 0 Å². The highest BCUT2D eigenvalue weighted by atomic mass is 16.5. The summed E-state index contributed by atoms with van der Waals surface area (Å²) in [6.45, 7) is 8.77. The van der Waals surface area contributed by atoms with Gasteiger partial charge in [-0.05, 0) is 31.1 Å². The van der Waals surface area contributed by atoms with Crippen LogP contribution in [0.1, 0.15) is 53.4 Å². The maximum Gasteiger partial charge on any atom is 0.322 e. The summed E-state index contributed by atoms with van der Waals surface area (Å²) in [7, 11) is 1.45. The zero-order valence-corrected chi connectivity index (χ0v) is 11.9. The Bertz CT molecular complexity index is 257. The number of methoxy groups -OCH3 is 1. The van der Waals surface area contributed by atoms with Crippen molar-refractivity contribution in [2.45, 2.75) is 65.5 Å². The zero-order chi connectivity index (χ0) is 13.1. The molecule has 0 aromatic heterocycles. The molecule has 3 nitrogen and oxygen atoms in total. The van der Waals surface area contributed by atoms with Crippen LogP contribution in [0.5, 0.6) is 0 Å². The van der Waals surface area contributed by atoms with Crippen LogP contribution in [0.3, 0.4) is 0 Å². The maximum atomic E-state index is 11.5. The zero-order valence-electron chi connectivity index (χ0n) is 11.9. The van der Waals surface area contributed by atoms with Crippen molar-refractivity contribution in [2.75, 3.05) is 7.11 Å². The molecule has 100 valence electrons. The second kappa shape index (κ2) is 5.85. The molecule has 17 heavy (non-hydrogen) atoms. The van der Waals surface area contributed by atoms with E-state index in [2.05, 4.69) is 26.1 Å². The molecule has 0 aromatic carbocycles. The van der Waals surface area contributed by atoms with Crippen molar-refractivity contribution < 1.29 is 9.53 Å². The van der Waals surface area contributed by atoms with Gasteiger partial charge in [-0.2, -0.15) is 0 Å². The van der Waals surface area contributed by atoms with Gasteiger partial charge in [0.1, 0.15) is 6.04 Å². The van der Waals surface area contributed by atoms with Gasteiger partial charge in [0.15, 0.2) is 0 Å². The molecular formula is C14H27NO2. The molecule has 1 fully saturated rings. The standard InChI is InChI=1S/C14H27NO2/c1-10(13(16)17-5)15-12-9-7-6-8-11(12)14(2,3)4/h10-12,15H,6-9H2,1-5H3. The van der Waals surface area contributed by atoms with Gasteiger partial charge >= 0.3 is 5.97 Å².